The summed E-state index contributed by atoms with van der Waals surface area (Å²) in [6.45, 7) is 5.25. The van der Waals surface area contributed by atoms with Gasteiger partial charge >= 0.3 is 6.18 Å². The van der Waals surface area contributed by atoms with Crippen LogP contribution in [-0.4, -0.2) is 28.1 Å². The predicted octanol–water partition coefficient (Wildman–Crippen LogP) is 4.68. The highest BCUT2D eigenvalue weighted by Crippen LogP contribution is 2.58. The molecule has 2 nitrogen and oxygen atoms in total. The van der Waals surface area contributed by atoms with Crippen LogP contribution in [0, 0.1) is 23.2 Å². The Morgan fingerprint density at radius 2 is 1.87 bits per heavy atom. The Kier molecular flexibility index (Phi) is 5.42. The lowest BCUT2D eigenvalue weighted by Gasteiger charge is -2.45. The Balaban J connectivity index is 1.90. The lowest BCUT2D eigenvalue weighted by atomic mass is 9.61. The zero-order valence-electron chi connectivity index (χ0n) is 14.5. The maximum absolute atomic E-state index is 12.7. The molecule has 0 amide bonds. The van der Waals surface area contributed by atoms with Gasteiger partial charge in [0.05, 0.1) is 6.10 Å². The number of rotatable bonds is 5. The van der Waals surface area contributed by atoms with Crippen molar-refractivity contribution < 1.29 is 23.4 Å². The van der Waals surface area contributed by atoms with Crippen molar-refractivity contribution in [3.05, 3.63) is 0 Å². The van der Waals surface area contributed by atoms with Crippen LogP contribution in [-0.2, 0) is 0 Å². The van der Waals surface area contributed by atoms with Crippen molar-refractivity contribution in [1.29, 1.82) is 0 Å². The number of fused-ring (bicyclic) bond motifs is 1. The Bertz CT molecular complexity index is 408. The van der Waals surface area contributed by atoms with Gasteiger partial charge in [-0.3, -0.25) is 0 Å². The molecule has 1 unspecified atom stereocenters. The molecule has 2 saturated carbocycles. The fourth-order valence-electron chi connectivity index (χ4n) is 5.24. The summed E-state index contributed by atoms with van der Waals surface area (Å²) < 4.78 is 38.1. The fraction of sp³-hybridized carbons (Fsp3) is 1.00. The summed E-state index contributed by atoms with van der Waals surface area (Å²) in [5, 5.41) is 19.8. The van der Waals surface area contributed by atoms with E-state index in [1.54, 1.807) is 0 Å². The molecule has 2 aliphatic rings. The van der Waals surface area contributed by atoms with E-state index in [-0.39, 0.29) is 17.9 Å². The molecule has 0 aromatic rings. The molecular formula is C18H31F3O2. The first-order chi connectivity index (χ1) is 10.5. The summed E-state index contributed by atoms with van der Waals surface area (Å²) in [6, 6.07) is 0. The van der Waals surface area contributed by atoms with E-state index in [0.717, 1.165) is 39.0 Å². The second-order valence-electron chi connectivity index (χ2n) is 8.40. The van der Waals surface area contributed by atoms with E-state index in [4.69, 9.17) is 0 Å². The van der Waals surface area contributed by atoms with Crippen molar-refractivity contribution in [3.8, 4) is 0 Å². The zero-order chi connectivity index (χ0) is 17.5. The molecule has 0 aliphatic heterocycles. The average molecular weight is 336 g/mol. The van der Waals surface area contributed by atoms with Gasteiger partial charge in [-0.25, -0.2) is 0 Å². The summed E-state index contributed by atoms with van der Waals surface area (Å²) in [5.41, 5.74) is -2.46. The van der Waals surface area contributed by atoms with E-state index in [0.29, 0.717) is 30.6 Å². The first-order valence-corrected chi connectivity index (χ1v) is 8.96. The molecule has 6 atom stereocenters. The number of hydrogen-bond acceptors (Lipinski definition) is 2. The van der Waals surface area contributed by atoms with Crippen LogP contribution in [0.5, 0.6) is 0 Å². The van der Waals surface area contributed by atoms with Gasteiger partial charge in [0.25, 0.3) is 0 Å². The third-order valence-corrected chi connectivity index (χ3v) is 6.78. The standard InChI is InChI=1S/C18H31F3O2/c1-12(6-4-11-17(3,23)18(19,20)21)13-8-9-14-15(22)7-5-10-16(13,14)2/h12-15,22-23H,4-11H2,1-3H3/t12?,13-,14+,15+,16-,17+/m1/s1. The predicted molar refractivity (Wildman–Crippen MR) is 83.9 cm³/mol. The molecular weight excluding hydrogens is 305 g/mol. The van der Waals surface area contributed by atoms with E-state index in [9.17, 15) is 23.4 Å². The quantitative estimate of drug-likeness (QED) is 0.765. The molecule has 2 fully saturated rings. The SMILES string of the molecule is CC(CCC[C@](C)(O)C(F)(F)F)[C@H]1CC[C@H]2[C@@H](O)CCC[C@]12C. The lowest BCUT2D eigenvalue weighted by Crippen LogP contribution is -2.42. The highest BCUT2D eigenvalue weighted by Gasteiger charge is 2.52. The second kappa shape index (κ2) is 6.55. The van der Waals surface area contributed by atoms with Crippen LogP contribution in [0.25, 0.3) is 0 Å². The molecule has 0 radical (unpaired) electrons. The van der Waals surface area contributed by atoms with Gasteiger partial charge in [-0.2, -0.15) is 13.2 Å². The number of alkyl halides is 3. The first kappa shape index (κ1) is 19.0. The molecule has 0 bridgehead atoms. The minimum atomic E-state index is -4.56. The van der Waals surface area contributed by atoms with E-state index in [2.05, 4.69) is 13.8 Å². The van der Waals surface area contributed by atoms with Gasteiger partial charge in [-0.05, 0) is 68.6 Å². The molecule has 5 heteroatoms. The maximum atomic E-state index is 12.7. The van der Waals surface area contributed by atoms with Gasteiger partial charge in [0, 0.05) is 0 Å². The molecule has 0 aromatic heterocycles. The van der Waals surface area contributed by atoms with Crippen molar-refractivity contribution >= 4 is 0 Å². The lowest BCUT2D eigenvalue weighted by molar-refractivity contribution is -0.255. The largest absolute Gasteiger partial charge is 0.416 e. The van der Waals surface area contributed by atoms with E-state index >= 15 is 0 Å². The Morgan fingerprint density at radius 1 is 1.22 bits per heavy atom. The van der Waals surface area contributed by atoms with E-state index in [1.807, 2.05) is 0 Å². The normalized spacial score (nSPS) is 38.9. The molecule has 0 aromatic carbocycles. The van der Waals surface area contributed by atoms with Gasteiger partial charge in [-0.15, -0.1) is 0 Å². The molecule has 0 saturated heterocycles. The van der Waals surface area contributed by atoms with E-state index < -0.39 is 11.8 Å². The third kappa shape index (κ3) is 3.71. The smallest absolute Gasteiger partial charge is 0.393 e. The monoisotopic (exact) mass is 336 g/mol. The van der Waals surface area contributed by atoms with Gasteiger partial charge in [0.15, 0.2) is 5.60 Å². The van der Waals surface area contributed by atoms with Crippen LogP contribution in [0.15, 0.2) is 0 Å². The Hall–Kier alpha value is -0.290. The van der Waals surface area contributed by atoms with Crippen LogP contribution in [0.3, 0.4) is 0 Å². The van der Waals surface area contributed by atoms with Crippen molar-refractivity contribution in [2.45, 2.75) is 90.0 Å². The summed E-state index contributed by atoms with van der Waals surface area (Å²) in [5.74, 6) is 1.15. The number of aliphatic hydroxyl groups excluding tert-OH is 1. The molecule has 2 rings (SSSR count). The van der Waals surface area contributed by atoms with Crippen molar-refractivity contribution in [2.24, 2.45) is 23.2 Å². The topological polar surface area (TPSA) is 40.5 Å². The van der Waals surface area contributed by atoms with Gasteiger partial charge in [0.2, 0.25) is 0 Å². The first-order valence-electron chi connectivity index (χ1n) is 8.96. The molecule has 2 N–H and O–H groups in total. The van der Waals surface area contributed by atoms with Crippen LogP contribution in [0.2, 0.25) is 0 Å². The second-order valence-corrected chi connectivity index (χ2v) is 8.40. The van der Waals surface area contributed by atoms with Gasteiger partial charge in [0.1, 0.15) is 0 Å². The number of hydrogen-bond donors (Lipinski definition) is 2. The summed E-state index contributed by atoms with van der Waals surface area (Å²) in [7, 11) is 0. The highest BCUT2D eigenvalue weighted by molar-refractivity contribution is 5.01. The molecule has 136 valence electrons. The molecule has 2 aliphatic carbocycles. The summed E-state index contributed by atoms with van der Waals surface area (Å²) in [4.78, 5) is 0. The maximum Gasteiger partial charge on any atom is 0.416 e. The minimum absolute atomic E-state index is 0.129. The van der Waals surface area contributed by atoms with E-state index in [1.165, 1.54) is 0 Å². The average Bonchev–Trinajstić information content (AvgIpc) is 2.75. The zero-order valence-corrected chi connectivity index (χ0v) is 14.5. The molecule has 0 spiro atoms. The van der Waals surface area contributed by atoms with Crippen molar-refractivity contribution in [3.63, 3.8) is 0 Å². The number of halogens is 3. The molecule has 23 heavy (non-hydrogen) atoms. The summed E-state index contributed by atoms with van der Waals surface area (Å²) >= 11 is 0. The third-order valence-electron chi connectivity index (χ3n) is 6.78. The Morgan fingerprint density at radius 3 is 2.48 bits per heavy atom. The van der Waals surface area contributed by atoms with Crippen LogP contribution < -0.4 is 0 Å². The Labute approximate surface area is 137 Å². The van der Waals surface area contributed by atoms with Gasteiger partial charge < -0.3 is 10.2 Å². The summed E-state index contributed by atoms with van der Waals surface area (Å²) in [6.07, 6.45) is 1.21. The number of aliphatic hydroxyl groups is 2. The van der Waals surface area contributed by atoms with Crippen molar-refractivity contribution in [1.82, 2.24) is 0 Å². The van der Waals surface area contributed by atoms with Crippen LogP contribution >= 0.6 is 0 Å². The molecule has 0 heterocycles. The highest BCUT2D eigenvalue weighted by atomic mass is 19.4. The minimum Gasteiger partial charge on any atom is -0.393 e. The van der Waals surface area contributed by atoms with Gasteiger partial charge in [-0.1, -0.05) is 26.7 Å². The van der Waals surface area contributed by atoms with Crippen molar-refractivity contribution in [2.75, 3.05) is 0 Å². The fourth-order valence-corrected chi connectivity index (χ4v) is 5.24. The van der Waals surface area contributed by atoms with Crippen LogP contribution in [0.1, 0.15) is 72.1 Å². The van der Waals surface area contributed by atoms with Crippen LogP contribution in [0.4, 0.5) is 13.2 Å².